The van der Waals surface area contributed by atoms with E-state index >= 15 is 0 Å². The Hall–Kier alpha value is -2.71. The van der Waals surface area contributed by atoms with E-state index in [-0.39, 0.29) is 5.78 Å². The van der Waals surface area contributed by atoms with Gasteiger partial charge in [-0.15, -0.1) is 0 Å². The number of hydrogen-bond acceptors (Lipinski definition) is 2. The number of aliphatic hydroxyl groups is 1. The van der Waals surface area contributed by atoms with Gasteiger partial charge >= 0.3 is 0 Å². The van der Waals surface area contributed by atoms with Crippen molar-refractivity contribution in [3.63, 3.8) is 0 Å². The predicted molar refractivity (Wildman–Crippen MR) is 87.6 cm³/mol. The third kappa shape index (κ3) is 2.97. The molecule has 2 heteroatoms. The Morgan fingerprint density at radius 2 is 1.18 bits per heavy atom. The Labute approximate surface area is 129 Å². The van der Waals surface area contributed by atoms with Crippen LogP contribution in [0.15, 0.2) is 84.9 Å². The molecule has 0 aliphatic carbocycles. The summed E-state index contributed by atoms with van der Waals surface area (Å²) >= 11 is 0. The normalized spacial score (nSPS) is 11.9. The van der Waals surface area contributed by atoms with Gasteiger partial charge in [-0.05, 0) is 16.7 Å². The molecule has 3 aromatic rings. The highest BCUT2D eigenvalue weighted by Crippen LogP contribution is 2.22. The van der Waals surface area contributed by atoms with Gasteiger partial charge in [0.2, 0.25) is 0 Å². The summed E-state index contributed by atoms with van der Waals surface area (Å²) in [5.41, 5.74) is 3.27. The fourth-order valence-corrected chi connectivity index (χ4v) is 2.40. The number of rotatable bonds is 4. The van der Waals surface area contributed by atoms with Crippen molar-refractivity contribution in [2.75, 3.05) is 0 Å². The highest BCUT2D eigenvalue weighted by atomic mass is 16.3. The predicted octanol–water partition coefficient (Wildman–Crippen LogP) is 4.27. The van der Waals surface area contributed by atoms with Gasteiger partial charge in [-0.25, -0.2) is 0 Å². The van der Waals surface area contributed by atoms with E-state index in [9.17, 15) is 9.90 Å². The summed E-state index contributed by atoms with van der Waals surface area (Å²) in [4.78, 5) is 12.3. The molecular weight excluding hydrogens is 272 g/mol. The maximum Gasteiger partial charge on any atom is 0.195 e. The van der Waals surface area contributed by atoms with Gasteiger partial charge in [-0.3, -0.25) is 4.79 Å². The number of Topliss-reactive ketones (excluding diaryl/α,β-unsaturated/α-hetero) is 1. The minimum absolute atomic E-state index is 0.286. The van der Waals surface area contributed by atoms with Gasteiger partial charge in [0.25, 0.3) is 0 Å². The van der Waals surface area contributed by atoms with Gasteiger partial charge in [0.15, 0.2) is 5.78 Å². The number of aliphatic hydroxyl groups excluding tert-OH is 1. The van der Waals surface area contributed by atoms with Crippen LogP contribution in [0.2, 0.25) is 0 Å². The number of carbonyl (C=O) groups excluding carboxylic acids is 1. The molecule has 2 nitrogen and oxygen atoms in total. The van der Waals surface area contributed by atoms with Gasteiger partial charge in [0.05, 0.1) is 0 Å². The molecule has 1 atom stereocenters. The lowest BCUT2D eigenvalue weighted by atomic mass is 9.97. The van der Waals surface area contributed by atoms with E-state index < -0.39 is 6.10 Å². The summed E-state index contributed by atoms with van der Waals surface area (Å²) in [6.45, 7) is 0. The lowest BCUT2D eigenvalue weighted by Gasteiger charge is -2.10. The summed E-state index contributed by atoms with van der Waals surface area (Å²) in [5, 5.41) is 10.2. The molecule has 0 aliphatic rings. The number of hydrogen-bond donors (Lipinski definition) is 1. The van der Waals surface area contributed by atoms with Crippen molar-refractivity contribution in [2.24, 2.45) is 0 Å². The van der Waals surface area contributed by atoms with Crippen molar-refractivity contribution in [3.05, 3.63) is 96.1 Å². The summed E-state index contributed by atoms with van der Waals surface area (Å²) in [6.07, 6.45) is -1.12. The van der Waals surface area contributed by atoms with Crippen molar-refractivity contribution in [2.45, 2.75) is 6.10 Å². The van der Waals surface area contributed by atoms with E-state index in [0.29, 0.717) is 11.1 Å². The first-order valence-corrected chi connectivity index (χ1v) is 7.18. The quantitative estimate of drug-likeness (QED) is 0.728. The van der Waals surface area contributed by atoms with Crippen LogP contribution in [-0.2, 0) is 0 Å². The Morgan fingerprint density at radius 3 is 1.77 bits per heavy atom. The van der Waals surface area contributed by atoms with E-state index in [2.05, 4.69) is 0 Å². The molecule has 0 radical (unpaired) electrons. The first-order valence-electron chi connectivity index (χ1n) is 7.18. The smallest absolute Gasteiger partial charge is 0.195 e. The lowest BCUT2D eigenvalue weighted by molar-refractivity contribution is 0.0747. The second kappa shape index (κ2) is 6.37. The molecule has 1 N–H and O–H groups in total. The minimum atomic E-state index is -1.12. The molecule has 0 spiro atoms. The van der Waals surface area contributed by atoms with E-state index in [0.717, 1.165) is 11.1 Å². The van der Waals surface area contributed by atoms with E-state index in [1.54, 1.807) is 24.3 Å². The van der Waals surface area contributed by atoms with Crippen LogP contribution in [0.4, 0.5) is 0 Å². The summed E-state index contributed by atoms with van der Waals surface area (Å²) in [5.74, 6) is -0.286. The van der Waals surface area contributed by atoms with Crippen LogP contribution in [0.3, 0.4) is 0 Å². The van der Waals surface area contributed by atoms with Crippen molar-refractivity contribution < 1.29 is 9.90 Å². The monoisotopic (exact) mass is 288 g/mol. The molecule has 0 saturated heterocycles. The molecular formula is C20H16O2. The van der Waals surface area contributed by atoms with Crippen LogP contribution < -0.4 is 0 Å². The molecule has 0 fully saturated rings. The molecule has 3 aromatic carbocycles. The largest absolute Gasteiger partial charge is 0.380 e. The molecule has 3 rings (SSSR count). The molecule has 0 aromatic heterocycles. The second-order valence-corrected chi connectivity index (χ2v) is 5.12. The molecule has 0 bridgehead atoms. The molecule has 0 heterocycles. The van der Waals surface area contributed by atoms with Gasteiger partial charge in [-0.2, -0.15) is 0 Å². The zero-order valence-corrected chi connectivity index (χ0v) is 12.0. The average molecular weight is 288 g/mol. The van der Waals surface area contributed by atoms with Crippen molar-refractivity contribution in [1.82, 2.24) is 0 Å². The molecule has 108 valence electrons. The minimum Gasteiger partial charge on any atom is -0.380 e. The zero-order chi connectivity index (χ0) is 15.4. The fourth-order valence-electron chi connectivity index (χ4n) is 2.40. The van der Waals surface area contributed by atoms with Crippen LogP contribution in [0, 0.1) is 0 Å². The van der Waals surface area contributed by atoms with Crippen LogP contribution in [0.1, 0.15) is 22.0 Å². The Bertz CT molecular complexity index is 747. The lowest BCUT2D eigenvalue weighted by Crippen LogP contribution is -2.12. The molecule has 22 heavy (non-hydrogen) atoms. The molecule has 0 saturated carbocycles. The van der Waals surface area contributed by atoms with Crippen LogP contribution in [-0.4, -0.2) is 10.9 Å². The summed E-state index contributed by atoms with van der Waals surface area (Å²) in [7, 11) is 0. The van der Waals surface area contributed by atoms with Crippen molar-refractivity contribution >= 4 is 5.78 Å². The topological polar surface area (TPSA) is 37.3 Å². The number of benzene rings is 3. The first kappa shape index (κ1) is 14.2. The summed E-state index contributed by atoms with van der Waals surface area (Å²) in [6, 6.07) is 26.3. The van der Waals surface area contributed by atoms with Crippen LogP contribution >= 0.6 is 0 Å². The molecule has 0 aliphatic heterocycles. The van der Waals surface area contributed by atoms with E-state index in [1.807, 2.05) is 60.7 Å². The third-order valence-electron chi connectivity index (χ3n) is 3.64. The van der Waals surface area contributed by atoms with E-state index in [1.165, 1.54) is 0 Å². The third-order valence-corrected chi connectivity index (χ3v) is 3.64. The Morgan fingerprint density at radius 1 is 0.682 bits per heavy atom. The van der Waals surface area contributed by atoms with Gasteiger partial charge < -0.3 is 5.11 Å². The Kier molecular flexibility index (Phi) is 4.12. The Balaban J connectivity index is 1.82. The maximum atomic E-state index is 12.3. The van der Waals surface area contributed by atoms with Gasteiger partial charge in [0.1, 0.15) is 6.10 Å². The van der Waals surface area contributed by atoms with E-state index in [4.69, 9.17) is 0 Å². The van der Waals surface area contributed by atoms with Crippen molar-refractivity contribution in [1.29, 1.82) is 0 Å². The molecule has 0 amide bonds. The maximum absolute atomic E-state index is 12.3. The summed E-state index contributed by atoms with van der Waals surface area (Å²) < 4.78 is 0. The number of carbonyl (C=O) groups is 1. The van der Waals surface area contributed by atoms with Gasteiger partial charge in [-0.1, -0.05) is 84.9 Å². The molecule has 1 unspecified atom stereocenters. The highest BCUT2D eigenvalue weighted by Gasteiger charge is 2.18. The standard InChI is InChI=1S/C20H16O2/c21-19(17-9-5-2-6-10-17)20(22)18-13-11-16(12-14-18)15-7-3-1-4-8-15/h1-14,19,21H. The highest BCUT2D eigenvalue weighted by molar-refractivity contribution is 6.00. The average Bonchev–Trinajstić information content (AvgIpc) is 2.62. The van der Waals surface area contributed by atoms with Crippen LogP contribution in [0.25, 0.3) is 11.1 Å². The first-order chi connectivity index (χ1) is 10.8. The SMILES string of the molecule is O=C(c1ccc(-c2ccccc2)cc1)C(O)c1ccccc1. The van der Waals surface area contributed by atoms with Gasteiger partial charge in [0, 0.05) is 5.56 Å². The van der Waals surface area contributed by atoms with Crippen molar-refractivity contribution in [3.8, 4) is 11.1 Å². The fraction of sp³-hybridized carbons (Fsp3) is 0.0500. The number of ketones is 1. The second-order valence-electron chi connectivity index (χ2n) is 5.12. The zero-order valence-electron chi connectivity index (χ0n) is 12.0. The van der Waals surface area contributed by atoms with Crippen LogP contribution in [0.5, 0.6) is 0 Å².